The van der Waals surface area contributed by atoms with Crippen molar-refractivity contribution in [2.24, 2.45) is 0 Å². The van der Waals surface area contributed by atoms with Gasteiger partial charge in [-0.25, -0.2) is 14.3 Å². The second kappa shape index (κ2) is 10.0. The smallest absolute Gasteiger partial charge is 0.475 e. The Morgan fingerprint density at radius 3 is 2.34 bits per heavy atom. The molecular weight excluding hydrogens is 393 g/mol. The van der Waals surface area contributed by atoms with E-state index >= 15 is 0 Å². The lowest BCUT2D eigenvalue weighted by Gasteiger charge is -2.22. The number of aliphatic carboxylic acids is 1. The zero-order valence-corrected chi connectivity index (χ0v) is 16.4. The molecule has 0 aliphatic heterocycles. The third kappa shape index (κ3) is 7.18. The number of alkyl halides is 3. The number of benzene rings is 1. The summed E-state index contributed by atoms with van der Waals surface area (Å²) in [5.41, 5.74) is 2.03. The van der Waals surface area contributed by atoms with E-state index in [4.69, 9.17) is 14.6 Å². The molecule has 2 N–H and O–H groups in total. The number of carboxylic acid groups (broad SMARTS) is 1. The number of hydrogen-bond acceptors (Lipinski definition) is 6. The number of methoxy groups -OCH3 is 1. The van der Waals surface area contributed by atoms with Crippen LogP contribution in [-0.4, -0.2) is 51.9 Å². The van der Waals surface area contributed by atoms with Crippen LogP contribution in [0.4, 0.5) is 13.2 Å². The van der Waals surface area contributed by atoms with Crippen molar-refractivity contribution in [3.8, 4) is 0 Å². The molecular formula is C18H23F3N4O4. The zero-order chi connectivity index (χ0) is 22.2. The number of nitrogens with one attached hydrogen (secondary N) is 1. The summed E-state index contributed by atoms with van der Waals surface area (Å²) < 4.78 is 38.3. The van der Waals surface area contributed by atoms with Crippen LogP contribution in [0.15, 0.2) is 30.5 Å². The van der Waals surface area contributed by atoms with Crippen LogP contribution >= 0.6 is 0 Å². The maximum atomic E-state index is 11.8. The molecule has 0 amide bonds. The molecule has 0 radical (unpaired) electrons. The first-order chi connectivity index (χ1) is 13.4. The minimum absolute atomic E-state index is 0.241. The molecule has 0 unspecified atom stereocenters. The molecule has 0 bridgehead atoms. The summed E-state index contributed by atoms with van der Waals surface area (Å²) in [6.07, 6.45) is -3.18. The molecule has 0 spiro atoms. The number of rotatable bonds is 6. The Bertz CT molecular complexity index is 835. The molecule has 0 aliphatic carbocycles. The predicted octanol–water partition coefficient (Wildman–Crippen LogP) is 2.59. The highest BCUT2D eigenvalue weighted by atomic mass is 19.4. The van der Waals surface area contributed by atoms with Crippen LogP contribution in [0, 0.1) is 0 Å². The number of aromatic nitrogens is 3. The Morgan fingerprint density at radius 2 is 1.83 bits per heavy atom. The van der Waals surface area contributed by atoms with Gasteiger partial charge in [-0.05, 0) is 32.0 Å². The third-order valence-corrected chi connectivity index (χ3v) is 3.80. The standard InChI is InChI=1S/C16H22N4O2.C2HF3O2/c1-5-17-16(2,3)14-11-20(19-18-14)10-12-8-6-7-9-13(12)15(21)22-4;3-2(4,5)1(6)7/h6-9,11,17H,5,10H2,1-4H3;(H,6,7). The minimum Gasteiger partial charge on any atom is -0.475 e. The normalized spacial score (nSPS) is 11.4. The largest absolute Gasteiger partial charge is 0.490 e. The van der Waals surface area contributed by atoms with Gasteiger partial charge >= 0.3 is 18.1 Å². The average molecular weight is 416 g/mol. The monoisotopic (exact) mass is 416 g/mol. The number of carbonyl (C=O) groups excluding carboxylic acids is 1. The molecule has 0 aliphatic rings. The van der Waals surface area contributed by atoms with Crippen LogP contribution in [-0.2, 0) is 21.6 Å². The molecule has 29 heavy (non-hydrogen) atoms. The SMILES string of the molecule is CCNC(C)(C)c1cn(Cc2ccccc2C(=O)OC)nn1.O=C(O)C(F)(F)F. The van der Waals surface area contributed by atoms with Crippen molar-refractivity contribution < 1.29 is 32.6 Å². The molecule has 1 aromatic carbocycles. The fourth-order valence-corrected chi connectivity index (χ4v) is 2.34. The van der Waals surface area contributed by atoms with Crippen molar-refractivity contribution in [1.82, 2.24) is 20.3 Å². The Hall–Kier alpha value is -2.95. The van der Waals surface area contributed by atoms with E-state index in [9.17, 15) is 18.0 Å². The maximum absolute atomic E-state index is 11.8. The lowest BCUT2D eigenvalue weighted by molar-refractivity contribution is -0.192. The molecule has 11 heteroatoms. The molecule has 2 aromatic rings. The van der Waals surface area contributed by atoms with E-state index in [1.807, 2.05) is 24.4 Å². The Labute approximate surface area is 165 Å². The molecule has 160 valence electrons. The summed E-state index contributed by atoms with van der Waals surface area (Å²) in [5, 5.41) is 18.9. The Kier molecular flexibility index (Phi) is 8.31. The highest BCUT2D eigenvalue weighted by Gasteiger charge is 2.38. The number of nitrogens with zero attached hydrogens (tertiary/aromatic N) is 3. The summed E-state index contributed by atoms with van der Waals surface area (Å²) in [6, 6.07) is 7.35. The van der Waals surface area contributed by atoms with Gasteiger partial charge in [0.05, 0.1) is 31.0 Å². The first kappa shape index (κ1) is 24.1. The average Bonchev–Trinajstić information content (AvgIpc) is 3.11. The number of hydrogen-bond donors (Lipinski definition) is 2. The van der Waals surface area contributed by atoms with Gasteiger partial charge < -0.3 is 15.2 Å². The first-order valence-electron chi connectivity index (χ1n) is 8.54. The van der Waals surface area contributed by atoms with E-state index in [1.165, 1.54) is 7.11 Å². The molecule has 1 heterocycles. The molecule has 0 saturated heterocycles. The number of halogens is 3. The van der Waals surface area contributed by atoms with Gasteiger partial charge in [0.1, 0.15) is 5.69 Å². The second-order valence-corrected chi connectivity index (χ2v) is 6.41. The molecule has 8 nitrogen and oxygen atoms in total. The van der Waals surface area contributed by atoms with Crippen molar-refractivity contribution in [2.75, 3.05) is 13.7 Å². The van der Waals surface area contributed by atoms with Crippen LogP contribution in [0.25, 0.3) is 0 Å². The lowest BCUT2D eigenvalue weighted by Crippen LogP contribution is -2.36. The van der Waals surface area contributed by atoms with E-state index < -0.39 is 12.1 Å². The molecule has 1 aromatic heterocycles. The first-order valence-corrected chi connectivity index (χ1v) is 8.54. The van der Waals surface area contributed by atoms with Gasteiger partial charge in [0, 0.05) is 0 Å². The zero-order valence-electron chi connectivity index (χ0n) is 16.4. The van der Waals surface area contributed by atoms with Gasteiger partial charge in [-0.2, -0.15) is 13.2 Å². The molecule has 0 fully saturated rings. The van der Waals surface area contributed by atoms with Crippen molar-refractivity contribution in [2.45, 2.75) is 39.0 Å². The van der Waals surface area contributed by atoms with Crippen molar-refractivity contribution in [3.63, 3.8) is 0 Å². The second-order valence-electron chi connectivity index (χ2n) is 6.41. The summed E-state index contributed by atoms with van der Waals surface area (Å²) in [4.78, 5) is 20.7. The summed E-state index contributed by atoms with van der Waals surface area (Å²) in [6.45, 7) is 7.50. The molecule has 2 rings (SSSR count). The number of carbonyl (C=O) groups is 2. The van der Waals surface area contributed by atoms with Crippen molar-refractivity contribution >= 4 is 11.9 Å². The summed E-state index contributed by atoms with van der Waals surface area (Å²) in [7, 11) is 1.38. The quantitative estimate of drug-likeness (QED) is 0.697. The number of ether oxygens (including phenoxy) is 1. The van der Waals surface area contributed by atoms with Gasteiger partial charge in [-0.15, -0.1) is 5.10 Å². The summed E-state index contributed by atoms with van der Waals surface area (Å²) in [5.74, 6) is -3.10. The molecule has 0 saturated carbocycles. The van der Waals surface area contributed by atoms with E-state index in [1.54, 1.807) is 10.7 Å². The minimum atomic E-state index is -5.08. The highest BCUT2D eigenvalue weighted by molar-refractivity contribution is 5.90. The highest BCUT2D eigenvalue weighted by Crippen LogP contribution is 2.18. The van der Waals surface area contributed by atoms with Gasteiger partial charge in [0.15, 0.2) is 0 Å². The van der Waals surface area contributed by atoms with Crippen molar-refractivity contribution in [3.05, 3.63) is 47.3 Å². The van der Waals surface area contributed by atoms with Crippen LogP contribution in [0.3, 0.4) is 0 Å². The van der Waals surface area contributed by atoms with E-state index in [-0.39, 0.29) is 11.5 Å². The fraction of sp³-hybridized carbons (Fsp3) is 0.444. The van der Waals surface area contributed by atoms with Crippen LogP contribution in [0.5, 0.6) is 0 Å². The third-order valence-electron chi connectivity index (χ3n) is 3.80. The van der Waals surface area contributed by atoms with Crippen LogP contribution in [0.1, 0.15) is 42.4 Å². The fourth-order valence-electron chi connectivity index (χ4n) is 2.34. The van der Waals surface area contributed by atoms with E-state index in [0.717, 1.165) is 17.8 Å². The van der Waals surface area contributed by atoms with Crippen LogP contribution < -0.4 is 5.32 Å². The number of carboxylic acids is 1. The van der Waals surface area contributed by atoms with Crippen LogP contribution in [0.2, 0.25) is 0 Å². The van der Waals surface area contributed by atoms with Gasteiger partial charge in [-0.1, -0.05) is 30.3 Å². The Morgan fingerprint density at radius 1 is 1.24 bits per heavy atom. The number of esters is 1. The van der Waals surface area contributed by atoms with E-state index in [0.29, 0.717) is 12.1 Å². The van der Waals surface area contributed by atoms with Gasteiger partial charge in [0.2, 0.25) is 0 Å². The summed E-state index contributed by atoms with van der Waals surface area (Å²) >= 11 is 0. The predicted molar refractivity (Wildman–Crippen MR) is 97.3 cm³/mol. The molecule has 0 atom stereocenters. The topological polar surface area (TPSA) is 106 Å². The lowest BCUT2D eigenvalue weighted by atomic mass is 10.0. The van der Waals surface area contributed by atoms with Gasteiger partial charge in [-0.3, -0.25) is 0 Å². The van der Waals surface area contributed by atoms with E-state index in [2.05, 4.69) is 36.4 Å². The van der Waals surface area contributed by atoms with Gasteiger partial charge in [0.25, 0.3) is 0 Å². The Balaban J connectivity index is 0.000000516. The van der Waals surface area contributed by atoms with Crippen molar-refractivity contribution in [1.29, 1.82) is 0 Å². The maximum Gasteiger partial charge on any atom is 0.490 e.